The Bertz CT molecular complexity index is 143. The first-order chi connectivity index (χ1) is 5.22. The molecule has 0 unspecified atom stereocenters. The molecule has 4 heteroatoms. The highest BCUT2D eigenvalue weighted by atomic mass is 16.5. The zero-order valence-corrected chi connectivity index (χ0v) is 6.75. The van der Waals surface area contributed by atoms with Crippen molar-refractivity contribution in [3.63, 3.8) is 0 Å². The van der Waals surface area contributed by atoms with Crippen LogP contribution in [-0.4, -0.2) is 37.2 Å². The number of likely N-dealkylation sites (tertiary alicyclic amines) is 1. The Morgan fingerprint density at radius 3 is 2.82 bits per heavy atom. The highest BCUT2D eigenvalue weighted by Crippen LogP contribution is 2.14. The lowest BCUT2D eigenvalue weighted by molar-refractivity contribution is 0.0470. The summed E-state index contributed by atoms with van der Waals surface area (Å²) in [6, 6.07) is 0. The summed E-state index contributed by atoms with van der Waals surface area (Å²) in [4.78, 5) is 12.5. The van der Waals surface area contributed by atoms with E-state index < -0.39 is 6.09 Å². The van der Waals surface area contributed by atoms with Gasteiger partial charge in [0.15, 0.2) is 0 Å². The van der Waals surface area contributed by atoms with Crippen LogP contribution in [0.15, 0.2) is 0 Å². The largest absolute Gasteiger partial charge is 0.449 e. The number of ether oxygens (including phenoxy) is 1. The first-order valence-corrected chi connectivity index (χ1v) is 3.87. The highest BCUT2D eigenvalue weighted by Gasteiger charge is 2.25. The van der Waals surface area contributed by atoms with Crippen molar-refractivity contribution in [1.29, 1.82) is 0 Å². The van der Waals surface area contributed by atoms with Crippen LogP contribution in [-0.2, 0) is 4.74 Å². The monoisotopic (exact) mass is 158 g/mol. The summed E-state index contributed by atoms with van der Waals surface area (Å²) in [6.45, 7) is 5.73. The normalized spacial score (nSPS) is 19.4. The van der Waals surface area contributed by atoms with E-state index in [1.807, 2.05) is 0 Å². The number of rotatable bonds is 3. The first-order valence-electron chi connectivity index (χ1n) is 3.87. The average Bonchev–Trinajstić information content (AvgIpc) is 1.84. The molecule has 1 fully saturated rings. The fourth-order valence-electron chi connectivity index (χ4n) is 1.24. The number of hydrogen-bond acceptors (Lipinski definition) is 3. The van der Waals surface area contributed by atoms with Crippen molar-refractivity contribution >= 4 is 6.09 Å². The maximum Gasteiger partial charge on any atom is 0.404 e. The summed E-state index contributed by atoms with van der Waals surface area (Å²) in [5.74, 6) is 0.502. The predicted molar refractivity (Wildman–Crippen MR) is 41.1 cm³/mol. The Hall–Kier alpha value is -0.770. The van der Waals surface area contributed by atoms with Gasteiger partial charge in [0.05, 0.1) is 6.61 Å². The minimum Gasteiger partial charge on any atom is -0.449 e. The number of nitrogens with zero attached hydrogens (tertiary/aromatic N) is 1. The SMILES string of the molecule is CCN1CC(COC(N)=O)C1. The van der Waals surface area contributed by atoms with E-state index in [1.54, 1.807) is 0 Å². The van der Waals surface area contributed by atoms with Crippen molar-refractivity contribution < 1.29 is 9.53 Å². The van der Waals surface area contributed by atoms with Crippen molar-refractivity contribution in [3.8, 4) is 0 Å². The van der Waals surface area contributed by atoms with Crippen LogP contribution in [0.5, 0.6) is 0 Å². The molecule has 1 rings (SSSR count). The molecule has 0 aliphatic carbocycles. The Morgan fingerprint density at radius 1 is 1.73 bits per heavy atom. The zero-order chi connectivity index (χ0) is 8.27. The molecule has 0 bridgehead atoms. The molecule has 1 heterocycles. The summed E-state index contributed by atoms with van der Waals surface area (Å²) in [5, 5.41) is 0. The average molecular weight is 158 g/mol. The molecule has 0 aromatic heterocycles. The molecule has 4 nitrogen and oxygen atoms in total. The summed E-state index contributed by atoms with van der Waals surface area (Å²) in [7, 11) is 0. The van der Waals surface area contributed by atoms with Crippen molar-refractivity contribution in [3.05, 3.63) is 0 Å². The number of carbonyl (C=O) groups excluding carboxylic acids is 1. The highest BCUT2D eigenvalue weighted by molar-refractivity contribution is 5.64. The van der Waals surface area contributed by atoms with Crippen molar-refractivity contribution in [2.24, 2.45) is 11.7 Å². The van der Waals surface area contributed by atoms with Crippen LogP contribution >= 0.6 is 0 Å². The van der Waals surface area contributed by atoms with Gasteiger partial charge in [0, 0.05) is 19.0 Å². The number of carbonyl (C=O) groups is 1. The van der Waals surface area contributed by atoms with Crippen LogP contribution in [0.2, 0.25) is 0 Å². The molecule has 1 saturated heterocycles. The Kier molecular flexibility index (Phi) is 2.70. The third-order valence-corrected chi connectivity index (χ3v) is 1.94. The molecule has 0 spiro atoms. The van der Waals surface area contributed by atoms with E-state index in [-0.39, 0.29) is 0 Å². The van der Waals surface area contributed by atoms with E-state index in [0.717, 1.165) is 19.6 Å². The summed E-state index contributed by atoms with van der Waals surface area (Å²) < 4.78 is 4.65. The van der Waals surface area contributed by atoms with E-state index in [4.69, 9.17) is 5.73 Å². The second-order valence-corrected chi connectivity index (χ2v) is 2.85. The molecule has 0 saturated carbocycles. The van der Waals surface area contributed by atoms with E-state index >= 15 is 0 Å². The third-order valence-electron chi connectivity index (χ3n) is 1.94. The summed E-state index contributed by atoms with van der Waals surface area (Å²) >= 11 is 0. The molecule has 0 atom stereocenters. The third kappa shape index (κ3) is 2.38. The van der Waals surface area contributed by atoms with Crippen LogP contribution in [0, 0.1) is 5.92 Å². The van der Waals surface area contributed by atoms with Crippen LogP contribution in [0.1, 0.15) is 6.92 Å². The Labute approximate surface area is 66.3 Å². The maximum atomic E-state index is 10.2. The Balaban J connectivity index is 2.00. The van der Waals surface area contributed by atoms with Crippen molar-refractivity contribution in [2.75, 3.05) is 26.2 Å². The lowest BCUT2D eigenvalue weighted by atomic mass is 10.0. The molecule has 1 aliphatic heterocycles. The van der Waals surface area contributed by atoms with Gasteiger partial charge >= 0.3 is 6.09 Å². The minimum atomic E-state index is -0.667. The van der Waals surface area contributed by atoms with E-state index in [9.17, 15) is 4.79 Å². The minimum absolute atomic E-state index is 0.478. The lowest BCUT2D eigenvalue weighted by Crippen LogP contribution is -2.48. The van der Waals surface area contributed by atoms with Crippen LogP contribution in [0.3, 0.4) is 0 Å². The molecule has 2 N–H and O–H groups in total. The quantitative estimate of drug-likeness (QED) is 0.630. The van der Waals surface area contributed by atoms with Crippen LogP contribution in [0.25, 0.3) is 0 Å². The lowest BCUT2D eigenvalue weighted by Gasteiger charge is -2.37. The standard InChI is InChI=1S/C7H14N2O2/c1-2-9-3-6(4-9)5-11-7(8)10/h6H,2-5H2,1H3,(H2,8,10). The smallest absolute Gasteiger partial charge is 0.404 e. The number of primary amides is 1. The van der Waals surface area contributed by atoms with E-state index in [1.165, 1.54) is 0 Å². The van der Waals surface area contributed by atoms with Gasteiger partial charge in [0.1, 0.15) is 0 Å². The van der Waals surface area contributed by atoms with Gasteiger partial charge in [-0.05, 0) is 6.54 Å². The van der Waals surface area contributed by atoms with E-state index in [2.05, 4.69) is 16.6 Å². The molecule has 0 aromatic rings. The van der Waals surface area contributed by atoms with Gasteiger partial charge in [-0.2, -0.15) is 0 Å². The fourth-order valence-corrected chi connectivity index (χ4v) is 1.24. The molecule has 1 amide bonds. The first kappa shape index (κ1) is 8.33. The van der Waals surface area contributed by atoms with Gasteiger partial charge in [-0.3, -0.25) is 0 Å². The van der Waals surface area contributed by atoms with Gasteiger partial charge in [0.25, 0.3) is 0 Å². The number of nitrogens with two attached hydrogens (primary N) is 1. The summed E-state index contributed by atoms with van der Waals surface area (Å²) in [5.41, 5.74) is 4.81. The molecule has 64 valence electrons. The topological polar surface area (TPSA) is 55.6 Å². The van der Waals surface area contributed by atoms with Gasteiger partial charge in [-0.25, -0.2) is 4.79 Å². The predicted octanol–water partition coefficient (Wildman–Crippen LogP) is 0.0334. The maximum absolute atomic E-state index is 10.2. The van der Waals surface area contributed by atoms with Crippen molar-refractivity contribution in [2.45, 2.75) is 6.92 Å². The van der Waals surface area contributed by atoms with E-state index in [0.29, 0.717) is 12.5 Å². The van der Waals surface area contributed by atoms with Crippen molar-refractivity contribution in [1.82, 2.24) is 4.90 Å². The number of amides is 1. The van der Waals surface area contributed by atoms with Gasteiger partial charge in [-0.1, -0.05) is 6.92 Å². The molecule has 0 radical (unpaired) electrons. The molecule has 1 aliphatic rings. The Morgan fingerprint density at radius 2 is 2.36 bits per heavy atom. The number of hydrogen-bond donors (Lipinski definition) is 1. The van der Waals surface area contributed by atoms with Gasteiger partial charge in [-0.15, -0.1) is 0 Å². The fraction of sp³-hybridized carbons (Fsp3) is 0.857. The second-order valence-electron chi connectivity index (χ2n) is 2.85. The zero-order valence-electron chi connectivity index (χ0n) is 6.75. The van der Waals surface area contributed by atoms with Gasteiger partial charge < -0.3 is 15.4 Å². The second kappa shape index (κ2) is 3.57. The van der Waals surface area contributed by atoms with Gasteiger partial charge in [0.2, 0.25) is 0 Å². The summed E-state index contributed by atoms with van der Waals surface area (Å²) in [6.07, 6.45) is -0.667. The molecule has 0 aromatic carbocycles. The van der Waals surface area contributed by atoms with Crippen LogP contribution < -0.4 is 5.73 Å². The molecular weight excluding hydrogens is 144 g/mol. The molecular formula is C7H14N2O2. The molecule has 11 heavy (non-hydrogen) atoms. The van der Waals surface area contributed by atoms with Crippen LogP contribution in [0.4, 0.5) is 4.79 Å².